The molecule has 0 aromatic heterocycles. The predicted molar refractivity (Wildman–Crippen MR) is 118 cm³/mol. The van der Waals surface area contributed by atoms with Crippen LogP contribution in [0.25, 0.3) is 0 Å². The molecule has 0 fully saturated rings. The van der Waals surface area contributed by atoms with Crippen LogP contribution in [0.15, 0.2) is 42.5 Å². The van der Waals surface area contributed by atoms with Gasteiger partial charge >= 0.3 is 0 Å². The lowest BCUT2D eigenvalue weighted by molar-refractivity contribution is -0.908. The molecular formula is C24H34N3O2+. The summed E-state index contributed by atoms with van der Waals surface area (Å²) < 4.78 is 0. The number of rotatable bonds is 8. The fourth-order valence-electron chi connectivity index (χ4n) is 3.23. The molecule has 0 bridgehead atoms. The molecule has 0 aliphatic rings. The Hall–Kier alpha value is -2.66. The van der Waals surface area contributed by atoms with Crippen LogP contribution in [0.5, 0.6) is 0 Å². The molecule has 0 radical (unpaired) electrons. The van der Waals surface area contributed by atoms with Gasteiger partial charge in [0.15, 0.2) is 6.04 Å². The number of anilines is 1. The van der Waals surface area contributed by atoms with Crippen molar-refractivity contribution in [2.24, 2.45) is 0 Å². The molecule has 0 aliphatic carbocycles. The molecule has 2 rings (SSSR count). The Bertz CT molecular complexity index is 823. The Morgan fingerprint density at radius 1 is 0.966 bits per heavy atom. The van der Waals surface area contributed by atoms with Gasteiger partial charge in [0.25, 0.3) is 5.91 Å². The smallest absolute Gasteiger partial charge is 0.278 e. The molecule has 0 saturated carbocycles. The van der Waals surface area contributed by atoms with Crippen LogP contribution in [0.4, 0.5) is 5.69 Å². The second kappa shape index (κ2) is 10.2. The lowest BCUT2D eigenvalue weighted by atomic mass is 10.0. The standard InChI is InChI=1S/C24H33N3O2/c1-16(2)21-12-10-20(11-13-21)15-27(6)19(5)24(29)25-14-22(28)26-23-17(3)8-7-9-18(23)4/h7-13,16,19H,14-15H2,1-6H3,(H,25,29)(H,26,28)/p+1/t19-/m0/s1. The molecular weight excluding hydrogens is 362 g/mol. The first-order valence-corrected chi connectivity index (χ1v) is 10.2. The number of carbonyl (C=O) groups excluding carboxylic acids is 2. The van der Waals surface area contributed by atoms with Crippen LogP contribution in [-0.4, -0.2) is 31.4 Å². The third-order valence-electron chi connectivity index (χ3n) is 5.43. The van der Waals surface area contributed by atoms with Gasteiger partial charge in [0.2, 0.25) is 5.91 Å². The molecule has 2 aromatic carbocycles. The summed E-state index contributed by atoms with van der Waals surface area (Å²) in [6.45, 7) is 10.9. The summed E-state index contributed by atoms with van der Waals surface area (Å²) in [5.41, 5.74) is 5.33. The lowest BCUT2D eigenvalue weighted by Gasteiger charge is -2.21. The monoisotopic (exact) mass is 396 g/mol. The number of amides is 2. The van der Waals surface area contributed by atoms with E-state index in [1.165, 1.54) is 11.1 Å². The fraction of sp³-hybridized carbons (Fsp3) is 0.417. The van der Waals surface area contributed by atoms with Gasteiger partial charge in [-0.1, -0.05) is 56.3 Å². The molecule has 2 amide bonds. The van der Waals surface area contributed by atoms with Gasteiger partial charge < -0.3 is 15.5 Å². The van der Waals surface area contributed by atoms with E-state index in [0.29, 0.717) is 5.92 Å². The van der Waals surface area contributed by atoms with Crippen molar-refractivity contribution < 1.29 is 14.5 Å². The first kappa shape index (κ1) is 22.6. The van der Waals surface area contributed by atoms with Crippen LogP contribution in [0.2, 0.25) is 0 Å². The van der Waals surface area contributed by atoms with Crippen molar-refractivity contribution in [2.45, 2.75) is 53.1 Å². The van der Waals surface area contributed by atoms with Gasteiger partial charge in [-0.3, -0.25) is 9.59 Å². The second-order valence-corrected chi connectivity index (χ2v) is 8.17. The lowest BCUT2D eigenvalue weighted by Crippen LogP contribution is -3.12. The Kier molecular flexibility index (Phi) is 7.97. The zero-order chi connectivity index (χ0) is 21.6. The Balaban J connectivity index is 1.85. The van der Waals surface area contributed by atoms with Crippen LogP contribution in [0, 0.1) is 13.8 Å². The van der Waals surface area contributed by atoms with Crippen molar-refractivity contribution in [3.63, 3.8) is 0 Å². The zero-order valence-electron chi connectivity index (χ0n) is 18.4. The third kappa shape index (κ3) is 6.43. The number of para-hydroxylation sites is 1. The zero-order valence-corrected chi connectivity index (χ0v) is 18.4. The van der Waals surface area contributed by atoms with E-state index in [0.717, 1.165) is 28.3 Å². The number of nitrogens with one attached hydrogen (secondary N) is 3. The summed E-state index contributed by atoms with van der Waals surface area (Å²) in [5, 5.41) is 5.66. The average Bonchev–Trinajstić information content (AvgIpc) is 2.68. The van der Waals surface area contributed by atoms with Crippen LogP contribution < -0.4 is 15.5 Å². The molecule has 156 valence electrons. The van der Waals surface area contributed by atoms with Crippen molar-refractivity contribution in [1.29, 1.82) is 0 Å². The molecule has 2 aromatic rings. The van der Waals surface area contributed by atoms with E-state index in [-0.39, 0.29) is 24.4 Å². The molecule has 5 nitrogen and oxygen atoms in total. The Labute approximate surface area is 174 Å². The van der Waals surface area contributed by atoms with Crippen molar-refractivity contribution >= 4 is 17.5 Å². The van der Waals surface area contributed by atoms with Crippen molar-refractivity contribution in [2.75, 3.05) is 18.9 Å². The largest absolute Gasteiger partial charge is 0.342 e. The minimum absolute atomic E-state index is 0.0344. The van der Waals surface area contributed by atoms with Gasteiger partial charge in [-0.25, -0.2) is 0 Å². The molecule has 2 atom stereocenters. The summed E-state index contributed by atoms with van der Waals surface area (Å²) in [7, 11) is 2.00. The molecule has 0 saturated heterocycles. The molecule has 0 aliphatic heterocycles. The van der Waals surface area contributed by atoms with Crippen LogP contribution >= 0.6 is 0 Å². The highest BCUT2D eigenvalue weighted by Crippen LogP contribution is 2.19. The van der Waals surface area contributed by atoms with Gasteiger partial charge in [-0.2, -0.15) is 0 Å². The normalized spacial score (nSPS) is 13.1. The minimum Gasteiger partial charge on any atom is -0.342 e. The maximum atomic E-state index is 12.5. The summed E-state index contributed by atoms with van der Waals surface area (Å²) >= 11 is 0. The number of hydrogen-bond donors (Lipinski definition) is 3. The SMILES string of the molecule is Cc1cccc(C)c1NC(=O)CNC(=O)[C@H](C)[NH+](C)Cc1ccc(C(C)C)cc1. The van der Waals surface area contributed by atoms with E-state index in [1.54, 1.807) is 0 Å². The number of benzene rings is 2. The van der Waals surface area contributed by atoms with Gasteiger partial charge in [0.1, 0.15) is 6.54 Å². The van der Waals surface area contributed by atoms with Gasteiger partial charge in [0, 0.05) is 11.3 Å². The van der Waals surface area contributed by atoms with E-state index in [4.69, 9.17) is 0 Å². The van der Waals surface area contributed by atoms with E-state index >= 15 is 0 Å². The predicted octanol–water partition coefficient (Wildman–Crippen LogP) is 2.58. The summed E-state index contributed by atoms with van der Waals surface area (Å²) in [5.74, 6) is 0.163. The quantitative estimate of drug-likeness (QED) is 0.642. The van der Waals surface area contributed by atoms with E-state index in [1.807, 2.05) is 46.0 Å². The third-order valence-corrected chi connectivity index (χ3v) is 5.43. The van der Waals surface area contributed by atoms with Gasteiger partial charge in [-0.15, -0.1) is 0 Å². The summed E-state index contributed by atoms with van der Waals surface area (Å²) in [4.78, 5) is 25.8. The Morgan fingerprint density at radius 2 is 1.55 bits per heavy atom. The summed E-state index contributed by atoms with van der Waals surface area (Å²) in [6.07, 6.45) is 0. The first-order chi connectivity index (χ1) is 13.7. The number of likely N-dealkylation sites (N-methyl/N-ethyl adjacent to an activating group) is 1. The van der Waals surface area contributed by atoms with E-state index in [9.17, 15) is 9.59 Å². The molecule has 29 heavy (non-hydrogen) atoms. The average molecular weight is 397 g/mol. The van der Waals surface area contributed by atoms with Crippen molar-refractivity contribution in [1.82, 2.24) is 5.32 Å². The highest BCUT2D eigenvalue weighted by atomic mass is 16.2. The van der Waals surface area contributed by atoms with Crippen molar-refractivity contribution in [3.8, 4) is 0 Å². The van der Waals surface area contributed by atoms with E-state index < -0.39 is 0 Å². The van der Waals surface area contributed by atoms with Crippen molar-refractivity contribution in [3.05, 3.63) is 64.7 Å². The second-order valence-electron chi connectivity index (χ2n) is 8.17. The molecule has 5 heteroatoms. The van der Waals surface area contributed by atoms with Crippen LogP contribution in [0.3, 0.4) is 0 Å². The molecule has 0 heterocycles. The maximum absolute atomic E-state index is 12.5. The fourth-order valence-corrected chi connectivity index (χ4v) is 3.23. The molecule has 0 spiro atoms. The van der Waals surface area contributed by atoms with Gasteiger partial charge in [-0.05, 0) is 43.4 Å². The topological polar surface area (TPSA) is 62.6 Å². The Morgan fingerprint density at radius 3 is 2.10 bits per heavy atom. The number of hydrogen-bond acceptors (Lipinski definition) is 2. The summed E-state index contributed by atoms with van der Waals surface area (Å²) in [6, 6.07) is 14.2. The maximum Gasteiger partial charge on any atom is 0.278 e. The highest BCUT2D eigenvalue weighted by Gasteiger charge is 2.22. The van der Waals surface area contributed by atoms with Gasteiger partial charge in [0.05, 0.1) is 13.6 Å². The number of carbonyl (C=O) groups is 2. The van der Waals surface area contributed by atoms with Crippen LogP contribution in [-0.2, 0) is 16.1 Å². The molecule has 3 N–H and O–H groups in total. The van der Waals surface area contributed by atoms with E-state index in [2.05, 4.69) is 48.7 Å². The number of aryl methyl sites for hydroxylation is 2. The first-order valence-electron chi connectivity index (χ1n) is 10.2. The minimum atomic E-state index is -0.257. The number of quaternary nitrogens is 1. The highest BCUT2D eigenvalue weighted by molar-refractivity contribution is 5.96. The van der Waals surface area contributed by atoms with Crippen LogP contribution in [0.1, 0.15) is 48.9 Å². The molecule has 1 unspecified atom stereocenters.